The van der Waals surface area contributed by atoms with Gasteiger partial charge < -0.3 is 5.32 Å². The van der Waals surface area contributed by atoms with Gasteiger partial charge in [-0.2, -0.15) is 0 Å². The molecule has 0 radical (unpaired) electrons. The second kappa shape index (κ2) is 9.62. The van der Waals surface area contributed by atoms with Gasteiger partial charge in [-0.05, 0) is 57.2 Å². The maximum Gasteiger partial charge on any atom is 0.242 e. The average molecular weight is 462 g/mol. The number of thioether (sulfide) groups is 1. The molecule has 1 heterocycles. The van der Waals surface area contributed by atoms with E-state index in [-0.39, 0.29) is 35.1 Å². The first-order valence-corrected chi connectivity index (χ1v) is 10.9. The van der Waals surface area contributed by atoms with Crippen LogP contribution in [0.1, 0.15) is 37.6 Å². The molecule has 1 fully saturated rings. The van der Waals surface area contributed by atoms with Crippen molar-refractivity contribution in [2.75, 3.05) is 5.32 Å². The Morgan fingerprint density at radius 1 is 1.23 bits per heavy atom. The molecule has 2 aromatic carbocycles. The van der Waals surface area contributed by atoms with E-state index in [0.717, 1.165) is 0 Å². The monoisotopic (exact) mass is 461 g/mol. The van der Waals surface area contributed by atoms with Gasteiger partial charge >= 0.3 is 0 Å². The zero-order valence-electron chi connectivity index (χ0n) is 17.2. The Hall–Kier alpha value is -2.71. The third-order valence-electron chi connectivity index (χ3n) is 4.56. The number of hydrogen-bond donors (Lipinski definition) is 1. The summed E-state index contributed by atoms with van der Waals surface area (Å²) in [5.41, 5.74) is 1.42. The Balaban J connectivity index is 1.73. The van der Waals surface area contributed by atoms with Crippen molar-refractivity contribution >= 4 is 57.5 Å². The fourth-order valence-corrected chi connectivity index (χ4v) is 4.40. The van der Waals surface area contributed by atoms with Crippen LogP contribution in [-0.2, 0) is 9.59 Å². The van der Waals surface area contributed by atoms with Crippen molar-refractivity contribution in [1.29, 1.82) is 0 Å². The maximum atomic E-state index is 13.8. The van der Waals surface area contributed by atoms with Crippen LogP contribution in [0.4, 0.5) is 15.8 Å². The third kappa shape index (κ3) is 5.51. The van der Waals surface area contributed by atoms with Crippen LogP contribution in [0.5, 0.6) is 0 Å². The summed E-state index contributed by atoms with van der Waals surface area (Å²) in [6, 6.07) is 10.5. The van der Waals surface area contributed by atoms with E-state index in [1.165, 1.54) is 35.7 Å². The van der Waals surface area contributed by atoms with Gasteiger partial charge in [-0.15, -0.1) is 0 Å². The number of ketones is 1. The van der Waals surface area contributed by atoms with Gasteiger partial charge in [-0.3, -0.25) is 19.3 Å². The maximum absolute atomic E-state index is 13.8. The van der Waals surface area contributed by atoms with E-state index in [2.05, 4.69) is 10.3 Å². The predicted octanol–water partition coefficient (Wildman–Crippen LogP) is 5.05. The molecule has 0 unspecified atom stereocenters. The number of benzene rings is 2. The van der Waals surface area contributed by atoms with Crippen molar-refractivity contribution in [3.8, 4) is 0 Å². The molecule has 1 atom stereocenters. The number of carbonyl (C=O) groups is 3. The number of nitrogens with zero attached hydrogens (tertiary/aromatic N) is 2. The molecule has 0 aromatic heterocycles. The van der Waals surface area contributed by atoms with E-state index in [4.69, 9.17) is 11.6 Å². The SMILES string of the molecule is CC(=O)c1ccc(NC(=O)C[C@H]2SC(=Nc3ccc(Cl)c(F)c3)N(C(C)C)C2=O)cc1. The smallest absolute Gasteiger partial charge is 0.242 e. The Bertz CT molecular complexity index is 1060. The van der Waals surface area contributed by atoms with Crippen molar-refractivity contribution in [2.45, 2.75) is 38.5 Å². The van der Waals surface area contributed by atoms with Crippen LogP contribution in [0.25, 0.3) is 0 Å². The van der Waals surface area contributed by atoms with Crippen LogP contribution in [0.3, 0.4) is 0 Å². The van der Waals surface area contributed by atoms with Crippen molar-refractivity contribution in [1.82, 2.24) is 4.90 Å². The van der Waals surface area contributed by atoms with Gasteiger partial charge in [-0.25, -0.2) is 9.38 Å². The molecule has 1 saturated heterocycles. The van der Waals surface area contributed by atoms with E-state index in [1.54, 1.807) is 30.3 Å². The largest absolute Gasteiger partial charge is 0.326 e. The van der Waals surface area contributed by atoms with Gasteiger partial charge in [0.25, 0.3) is 0 Å². The molecular formula is C22H21ClFN3O3S. The lowest BCUT2D eigenvalue weighted by Gasteiger charge is -2.20. The molecule has 0 aliphatic carbocycles. The van der Waals surface area contributed by atoms with E-state index in [0.29, 0.717) is 22.1 Å². The molecule has 2 amide bonds. The van der Waals surface area contributed by atoms with Crippen LogP contribution in [0, 0.1) is 5.82 Å². The highest BCUT2D eigenvalue weighted by Crippen LogP contribution is 2.33. The van der Waals surface area contributed by atoms with Crippen molar-refractivity contribution < 1.29 is 18.8 Å². The van der Waals surface area contributed by atoms with E-state index in [9.17, 15) is 18.8 Å². The van der Waals surface area contributed by atoms with Crippen LogP contribution in [0.2, 0.25) is 5.02 Å². The second-order valence-electron chi connectivity index (χ2n) is 7.29. The zero-order valence-corrected chi connectivity index (χ0v) is 18.8. The minimum atomic E-state index is -0.644. The molecule has 162 valence electrons. The van der Waals surface area contributed by atoms with Crippen LogP contribution in [0.15, 0.2) is 47.5 Å². The lowest BCUT2D eigenvalue weighted by atomic mass is 10.1. The van der Waals surface area contributed by atoms with Crippen molar-refractivity contribution in [3.63, 3.8) is 0 Å². The molecule has 1 aliphatic heterocycles. The summed E-state index contributed by atoms with van der Waals surface area (Å²) < 4.78 is 13.8. The lowest BCUT2D eigenvalue weighted by molar-refractivity contribution is -0.129. The molecule has 9 heteroatoms. The summed E-state index contributed by atoms with van der Waals surface area (Å²) in [4.78, 5) is 42.6. The minimum Gasteiger partial charge on any atom is -0.326 e. The van der Waals surface area contributed by atoms with Crippen molar-refractivity contribution in [3.05, 3.63) is 58.9 Å². The topological polar surface area (TPSA) is 78.8 Å². The summed E-state index contributed by atoms with van der Waals surface area (Å²) >= 11 is 6.89. The number of aliphatic imine (C=N–C) groups is 1. The van der Waals surface area contributed by atoms with Crippen LogP contribution in [-0.4, -0.2) is 39.0 Å². The lowest BCUT2D eigenvalue weighted by Crippen LogP contribution is -2.38. The molecule has 0 spiro atoms. The van der Waals surface area contributed by atoms with E-state index in [1.807, 2.05) is 13.8 Å². The first kappa shape index (κ1) is 23.0. The van der Waals surface area contributed by atoms with Gasteiger partial charge in [0, 0.05) is 29.8 Å². The van der Waals surface area contributed by atoms with Crippen molar-refractivity contribution in [2.24, 2.45) is 4.99 Å². The standard InChI is InChI=1S/C22H21ClFN3O3S/c1-12(2)27-21(30)19(31-22(27)26-16-8-9-17(23)18(24)10-16)11-20(29)25-15-6-4-14(5-7-15)13(3)28/h4-10,12,19H,11H2,1-3H3,(H,25,29)/t19-/m1/s1. The Kier molecular flexibility index (Phi) is 7.12. The van der Waals surface area contributed by atoms with Gasteiger partial charge in [0.05, 0.1) is 10.7 Å². The number of halogens is 2. The number of amides is 2. The zero-order chi connectivity index (χ0) is 22.7. The Morgan fingerprint density at radius 3 is 2.48 bits per heavy atom. The quantitative estimate of drug-likeness (QED) is 0.610. The van der Waals surface area contributed by atoms with Crippen LogP contribution >= 0.6 is 23.4 Å². The summed E-state index contributed by atoms with van der Waals surface area (Å²) in [7, 11) is 0. The Morgan fingerprint density at radius 2 is 1.90 bits per heavy atom. The highest BCUT2D eigenvalue weighted by atomic mass is 35.5. The molecular weight excluding hydrogens is 441 g/mol. The van der Waals surface area contributed by atoms with Gasteiger partial charge in [0.1, 0.15) is 11.1 Å². The highest BCUT2D eigenvalue weighted by molar-refractivity contribution is 8.15. The number of Topliss-reactive ketones (excluding diaryl/α,β-unsaturated/α-hetero) is 1. The summed E-state index contributed by atoms with van der Waals surface area (Å²) in [5, 5.41) is 2.49. The Labute approximate surface area is 188 Å². The second-order valence-corrected chi connectivity index (χ2v) is 8.86. The summed E-state index contributed by atoms with van der Waals surface area (Å²) in [6.45, 7) is 5.15. The minimum absolute atomic E-state index is 0.00861. The number of rotatable bonds is 6. The molecule has 3 rings (SSSR count). The molecule has 6 nitrogen and oxygen atoms in total. The van der Waals surface area contributed by atoms with Crippen LogP contribution < -0.4 is 5.32 Å². The van der Waals surface area contributed by atoms with Gasteiger partial charge in [0.15, 0.2) is 11.0 Å². The number of anilines is 1. The normalized spacial score (nSPS) is 17.5. The molecule has 1 aliphatic rings. The summed E-state index contributed by atoms with van der Waals surface area (Å²) in [6.07, 6.45) is -0.0464. The molecule has 31 heavy (non-hydrogen) atoms. The summed E-state index contributed by atoms with van der Waals surface area (Å²) in [5.74, 6) is -1.22. The fraction of sp³-hybridized carbons (Fsp3) is 0.273. The van der Waals surface area contributed by atoms with E-state index < -0.39 is 11.1 Å². The highest BCUT2D eigenvalue weighted by Gasteiger charge is 2.40. The number of hydrogen-bond acceptors (Lipinski definition) is 5. The fourth-order valence-electron chi connectivity index (χ4n) is 3.00. The van der Waals surface area contributed by atoms with Gasteiger partial charge in [-0.1, -0.05) is 23.4 Å². The first-order chi connectivity index (χ1) is 14.7. The molecule has 1 N–H and O–H groups in total. The van der Waals surface area contributed by atoms with Gasteiger partial charge in [0.2, 0.25) is 11.8 Å². The van der Waals surface area contributed by atoms with E-state index >= 15 is 0 Å². The third-order valence-corrected chi connectivity index (χ3v) is 6.02. The average Bonchev–Trinajstić information content (AvgIpc) is 3.00. The number of carbonyl (C=O) groups excluding carboxylic acids is 3. The molecule has 0 bridgehead atoms. The predicted molar refractivity (Wildman–Crippen MR) is 122 cm³/mol. The first-order valence-electron chi connectivity index (χ1n) is 9.60. The molecule has 2 aromatic rings. The number of amidine groups is 1. The number of nitrogens with one attached hydrogen (secondary N) is 1. The molecule has 0 saturated carbocycles.